The fraction of sp³-hybridized carbons (Fsp3) is 0.143. The van der Waals surface area contributed by atoms with E-state index < -0.39 is 0 Å². The summed E-state index contributed by atoms with van der Waals surface area (Å²) in [6.07, 6.45) is 1.82. The molecule has 0 unspecified atom stereocenters. The number of nitrogens with zero attached hydrogens (tertiary/aromatic N) is 1. The Morgan fingerprint density at radius 1 is 1.56 bits per heavy atom. The van der Waals surface area contributed by atoms with Crippen LogP contribution in [0.1, 0.15) is 11.3 Å². The van der Waals surface area contributed by atoms with E-state index in [4.69, 9.17) is 0 Å². The van der Waals surface area contributed by atoms with Crippen LogP contribution in [-0.2, 0) is 6.54 Å². The molecule has 2 nitrogen and oxygen atoms in total. The number of pyridine rings is 1. The van der Waals surface area contributed by atoms with Crippen LogP contribution in [0.2, 0.25) is 0 Å². The topological polar surface area (TPSA) is 24.9 Å². The Morgan fingerprint density at radius 3 is 3.44 bits per heavy atom. The number of hydrogen-bond acceptors (Lipinski definition) is 2. The number of aromatic nitrogens is 1. The SMILES string of the molecule is [CH]1NCc2ncccc21. The Kier molecular flexibility index (Phi) is 0.993. The summed E-state index contributed by atoms with van der Waals surface area (Å²) >= 11 is 0. The van der Waals surface area contributed by atoms with Crippen LogP contribution < -0.4 is 5.32 Å². The van der Waals surface area contributed by atoms with Crippen molar-refractivity contribution < 1.29 is 0 Å². The van der Waals surface area contributed by atoms with Crippen molar-refractivity contribution in [2.45, 2.75) is 6.54 Å². The van der Waals surface area contributed by atoms with E-state index in [9.17, 15) is 0 Å². The van der Waals surface area contributed by atoms with Gasteiger partial charge in [-0.2, -0.15) is 0 Å². The maximum Gasteiger partial charge on any atom is 0.0590 e. The predicted octanol–water partition coefficient (Wildman–Crippen LogP) is 0.695. The highest BCUT2D eigenvalue weighted by Gasteiger charge is 2.08. The molecule has 0 atom stereocenters. The molecule has 45 valence electrons. The van der Waals surface area contributed by atoms with Gasteiger partial charge in [-0.25, -0.2) is 0 Å². The Hall–Kier alpha value is -0.890. The molecule has 1 aromatic rings. The Bertz CT molecular complexity index is 197. The molecule has 1 aromatic heterocycles. The van der Waals surface area contributed by atoms with E-state index in [-0.39, 0.29) is 0 Å². The lowest BCUT2D eigenvalue weighted by Crippen LogP contribution is -1.98. The van der Waals surface area contributed by atoms with E-state index >= 15 is 0 Å². The van der Waals surface area contributed by atoms with Crippen LogP contribution >= 0.6 is 0 Å². The number of fused-ring (bicyclic) bond motifs is 1. The van der Waals surface area contributed by atoms with E-state index in [2.05, 4.69) is 16.4 Å². The van der Waals surface area contributed by atoms with Crippen molar-refractivity contribution in [1.82, 2.24) is 10.3 Å². The van der Waals surface area contributed by atoms with Gasteiger partial charge in [0.1, 0.15) is 0 Å². The summed E-state index contributed by atoms with van der Waals surface area (Å²) in [5, 5.41) is 3.10. The quantitative estimate of drug-likeness (QED) is 0.543. The van der Waals surface area contributed by atoms with Crippen LogP contribution in [0.3, 0.4) is 0 Å². The Morgan fingerprint density at radius 2 is 2.56 bits per heavy atom. The minimum atomic E-state index is 0.885. The van der Waals surface area contributed by atoms with Gasteiger partial charge in [0.2, 0.25) is 0 Å². The normalized spacial score (nSPS) is 15.6. The van der Waals surface area contributed by atoms with Crippen LogP contribution in [0.5, 0.6) is 0 Å². The van der Waals surface area contributed by atoms with Crippen LogP contribution in [0.4, 0.5) is 0 Å². The van der Waals surface area contributed by atoms with E-state index in [1.54, 1.807) is 0 Å². The highest BCUT2D eigenvalue weighted by Crippen LogP contribution is 2.11. The Balaban J connectivity index is 2.54. The largest absolute Gasteiger partial charge is 0.303 e. The first-order chi connectivity index (χ1) is 4.47. The van der Waals surface area contributed by atoms with Crippen molar-refractivity contribution in [2.24, 2.45) is 0 Å². The minimum absolute atomic E-state index is 0.885. The zero-order chi connectivity index (χ0) is 6.10. The zero-order valence-electron chi connectivity index (χ0n) is 4.96. The van der Waals surface area contributed by atoms with Crippen molar-refractivity contribution >= 4 is 0 Å². The fourth-order valence-corrected chi connectivity index (χ4v) is 0.987. The first-order valence-corrected chi connectivity index (χ1v) is 2.97. The second-order valence-corrected chi connectivity index (χ2v) is 2.06. The van der Waals surface area contributed by atoms with Gasteiger partial charge in [0.05, 0.1) is 12.2 Å². The molecular weight excluding hydrogens is 112 g/mol. The molecule has 1 radical (unpaired) electrons. The summed E-state index contributed by atoms with van der Waals surface area (Å²) in [5.41, 5.74) is 2.37. The van der Waals surface area contributed by atoms with Gasteiger partial charge in [-0.1, -0.05) is 6.07 Å². The van der Waals surface area contributed by atoms with Crippen LogP contribution in [-0.4, -0.2) is 4.98 Å². The zero-order valence-corrected chi connectivity index (χ0v) is 4.96. The summed E-state index contributed by atoms with van der Waals surface area (Å²) in [5.74, 6) is 0. The van der Waals surface area contributed by atoms with Crippen molar-refractivity contribution in [1.29, 1.82) is 0 Å². The molecule has 1 aliphatic heterocycles. The summed E-state index contributed by atoms with van der Waals surface area (Å²) in [6, 6.07) is 4.00. The Labute approximate surface area is 53.9 Å². The van der Waals surface area contributed by atoms with Crippen LogP contribution in [0.15, 0.2) is 18.3 Å². The second-order valence-electron chi connectivity index (χ2n) is 2.06. The average molecular weight is 119 g/mol. The maximum absolute atomic E-state index is 4.17. The summed E-state index contributed by atoms with van der Waals surface area (Å²) in [6.45, 7) is 2.87. The molecule has 1 N–H and O–H groups in total. The summed E-state index contributed by atoms with van der Waals surface area (Å²) in [4.78, 5) is 4.17. The highest BCUT2D eigenvalue weighted by atomic mass is 14.9. The molecule has 0 amide bonds. The van der Waals surface area contributed by atoms with Gasteiger partial charge in [0.15, 0.2) is 0 Å². The molecule has 0 aliphatic carbocycles. The van der Waals surface area contributed by atoms with E-state index in [1.165, 1.54) is 5.56 Å². The van der Waals surface area contributed by atoms with E-state index in [0.29, 0.717) is 0 Å². The monoisotopic (exact) mass is 119 g/mol. The first-order valence-electron chi connectivity index (χ1n) is 2.97. The third kappa shape index (κ3) is 0.715. The minimum Gasteiger partial charge on any atom is -0.303 e. The predicted molar refractivity (Wildman–Crippen MR) is 34.5 cm³/mol. The van der Waals surface area contributed by atoms with Crippen LogP contribution in [0, 0.1) is 6.54 Å². The van der Waals surface area contributed by atoms with Gasteiger partial charge in [0.25, 0.3) is 0 Å². The van der Waals surface area contributed by atoms with E-state index in [0.717, 1.165) is 12.2 Å². The molecule has 0 bridgehead atoms. The lowest BCUT2D eigenvalue weighted by molar-refractivity contribution is 0.864. The summed E-state index contributed by atoms with van der Waals surface area (Å²) < 4.78 is 0. The first kappa shape index (κ1) is 4.94. The molecule has 2 heterocycles. The fourth-order valence-electron chi connectivity index (χ4n) is 0.987. The molecular formula is C7H7N2. The molecule has 2 rings (SSSR count). The van der Waals surface area contributed by atoms with Gasteiger partial charge in [0, 0.05) is 12.7 Å². The third-order valence-electron chi connectivity index (χ3n) is 1.45. The van der Waals surface area contributed by atoms with Crippen molar-refractivity contribution in [3.05, 3.63) is 36.1 Å². The number of rotatable bonds is 0. The second kappa shape index (κ2) is 1.81. The molecule has 0 saturated heterocycles. The maximum atomic E-state index is 4.17. The van der Waals surface area contributed by atoms with Gasteiger partial charge in [-0.05, 0) is 11.6 Å². The third-order valence-corrected chi connectivity index (χ3v) is 1.45. The molecule has 9 heavy (non-hydrogen) atoms. The molecule has 0 aromatic carbocycles. The van der Waals surface area contributed by atoms with Crippen molar-refractivity contribution in [3.8, 4) is 0 Å². The molecule has 0 spiro atoms. The van der Waals surface area contributed by atoms with E-state index in [1.807, 2.05) is 18.8 Å². The number of hydrogen-bond donors (Lipinski definition) is 1. The van der Waals surface area contributed by atoms with Crippen LogP contribution in [0.25, 0.3) is 0 Å². The van der Waals surface area contributed by atoms with Gasteiger partial charge in [-0.15, -0.1) is 0 Å². The highest BCUT2D eigenvalue weighted by molar-refractivity contribution is 5.30. The van der Waals surface area contributed by atoms with Gasteiger partial charge in [-0.3, -0.25) is 4.98 Å². The van der Waals surface area contributed by atoms with Gasteiger partial charge < -0.3 is 5.32 Å². The lowest BCUT2D eigenvalue weighted by atomic mass is 10.2. The molecule has 0 saturated carbocycles. The molecule has 2 heteroatoms. The van der Waals surface area contributed by atoms with Crippen molar-refractivity contribution in [3.63, 3.8) is 0 Å². The average Bonchev–Trinajstić information content (AvgIpc) is 2.33. The summed E-state index contributed by atoms with van der Waals surface area (Å²) in [7, 11) is 0. The smallest absolute Gasteiger partial charge is 0.0590 e. The molecule has 0 fully saturated rings. The number of nitrogens with one attached hydrogen (secondary N) is 1. The standard InChI is InChI=1S/C7H7N2/c1-2-6-4-8-5-7(6)9-3-1/h1-4,8H,5H2. The molecule has 1 aliphatic rings. The van der Waals surface area contributed by atoms with Gasteiger partial charge >= 0.3 is 0 Å². The lowest BCUT2D eigenvalue weighted by Gasteiger charge is -1.90. The van der Waals surface area contributed by atoms with Crippen molar-refractivity contribution in [2.75, 3.05) is 0 Å².